The van der Waals surface area contributed by atoms with Crippen LogP contribution in [0.2, 0.25) is 0 Å². The monoisotopic (exact) mass is 331 g/mol. The Morgan fingerprint density at radius 2 is 1.87 bits per heavy atom. The molecule has 3 aromatic rings. The maximum Gasteiger partial charge on any atom is 0.257 e. The number of benzene rings is 1. The molecule has 0 radical (unpaired) electrons. The van der Waals surface area contributed by atoms with E-state index in [1.165, 1.54) is 0 Å². The Balaban J connectivity index is 0.00000156. The zero-order valence-corrected chi connectivity index (χ0v) is 13.4. The molecule has 0 bridgehead atoms. The average molecular weight is 332 g/mol. The molecule has 0 spiro atoms. The largest absolute Gasteiger partial charge is 0.334 e. The van der Waals surface area contributed by atoms with Gasteiger partial charge in [-0.15, -0.1) is 12.4 Å². The summed E-state index contributed by atoms with van der Waals surface area (Å²) in [4.78, 5) is 8.55. The van der Waals surface area contributed by atoms with Gasteiger partial charge in [0, 0.05) is 23.6 Å². The van der Waals surface area contributed by atoms with Gasteiger partial charge in [-0.1, -0.05) is 18.0 Å². The van der Waals surface area contributed by atoms with Gasteiger partial charge in [0.05, 0.1) is 11.9 Å². The molecule has 2 N–H and O–H groups in total. The zero-order chi connectivity index (χ0) is 15.0. The SMILES string of the molecule is Cl.NC1(c2noc(-c3ccc(-n4ccnc4)cc3)n2)CCCC1. The summed E-state index contributed by atoms with van der Waals surface area (Å²) >= 11 is 0. The summed E-state index contributed by atoms with van der Waals surface area (Å²) in [6, 6.07) is 7.91. The van der Waals surface area contributed by atoms with E-state index in [2.05, 4.69) is 15.1 Å². The molecule has 7 heteroatoms. The average Bonchev–Trinajstić information content (AvgIpc) is 3.29. The minimum absolute atomic E-state index is 0. The molecule has 1 aromatic carbocycles. The Hall–Kier alpha value is -2.18. The van der Waals surface area contributed by atoms with Crippen LogP contribution in [-0.2, 0) is 5.54 Å². The van der Waals surface area contributed by atoms with Crippen molar-refractivity contribution in [1.29, 1.82) is 0 Å². The van der Waals surface area contributed by atoms with Crippen molar-refractivity contribution in [3.05, 3.63) is 48.8 Å². The topological polar surface area (TPSA) is 82.8 Å². The first-order chi connectivity index (χ1) is 10.7. The van der Waals surface area contributed by atoms with E-state index in [0.29, 0.717) is 11.7 Å². The molecule has 2 aromatic heterocycles. The van der Waals surface area contributed by atoms with Gasteiger partial charge in [0.2, 0.25) is 0 Å². The van der Waals surface area contributed by atoms with Crippen LogP contribution in [0.4, 0.5) is 0 Å². The maximum atomic E-state index is 6.36. The smallest absolute Gasteiger partial charge is 0.257 e. The number of halogens is 1. The third-order valence-corrected chi connectivity index (χ3v) is 4.28. The fourth-order valence-electron chi connectivity index (χ4n) is 2.96. The highest BCUT2D eigenvalue weighted by molar-refractivity contribution is 5.85. The van der Waals surface area contributed by atoms with Crippen LogP contribution in [0.25, 0.3) is 17.1 Å². The standard InChI is InChI=1S/C16H17N5O.ClH/c17-16(7-1-2-8-16)15-19-14(22-20-15)12-3-5-13(6-4-12)21-10-9-18-11-21;/h3-6,9-11H,1-2,7-8,17H2;1H. The molecule has 4 rings (SSSR count). The molecule has 1 saturated carbocycles. The number of nitrogens with two attached hydrogens (primary N) is 1. The van der Waals surface area contributed by atoms with Crippen LogP contribution in [0.1, 0.15) is 31.5 Å². The summed E-state index contributed by atoms with van der Waals surface area (Å²) in [6.45, 7) is 0. The van der Waals surface area contributed by atoms with Gasteiger partial charge in [-0.25, -0.2) is 4.98 Å². The molecule has 120 valence electrons. The van der Waals surface area contributed by atoms with E-state index < -0.39 is 5.54 Å². The lowest BCUT2D eigenvalue weighted by Gasteiger charge is -2.17. The van der Waals surface area contributed by atoms with Gasteiger partial charge in [0.1, 0.15) is 0 Å². The number of hydrogen-bond donors (Lipinski definition) is 1. The second-order valence-electron chi connectivity index (χ2n) is 5.80. The van der Waals surface area contributed by atoms with Crippen LogP contribution >= 0.6 is 12.4 Å². The number of rotatable bonds is 3. The highest BCUT2D eigenvalue weighted by Gasteiger charge is 2.36. The predicted octanol–water partition coefficient (Wildman–Crippen LogP) is 3.07. The van der Waals surface area contributed by atoms with E-state index in [0.717, 1.165) is 36.9 Å². The Morgan fingerprint density at radius 1 is 1.13 bits per heavy atom. The van der Waals surface area contributed by atoms with Gasteiger partial charge in [0.15, 0.2) is 5.82 Å². The number of aromatic nitrogens is 4. The quantitative estimate of drug-likeness (QED) is 0.797. The van der Waals surface area contributed by atoms with Gasteiger partial charge in [-0.2, -0.15) is 4.98 Å². The first-order valence-electron chi connectivity index (χ1n) is 7.46. The Labute approximate surface area is 140 Å². The van der Waals surface area contributed by atoms with Gasteiger partial charge in [0.25, 0.3) is 5.89 Å². The summed E-state index contributed by atoms with van der Waals surface area (Å²) in [5.74, 6) is 1.14. The summed E-state index contributed by atoms with van der Waals surface area (Å²) in [6.07, 6.45) is 9.51. The van der Waals surface area contributed by atoms with Gasteiger partial charge < -0.3 is 14.8 Å². The molecule has 0 atom stereocenters. The van der Waals surface area contributed by atoms with E-state index in [1.54, 1.807) is 12.5 Å². The van der Waals surface area contributed by atoms with Crippen molar-refractivity contribution in [3.8, 4) is 17.1 Å². The highest BCUT2D eigenvalue weighted by Crippen LogP contribution is 2.35. The lowest BCUT2D eigenvalue weighted by atomic mass is 9.99. The first-order valence-corrected chi connectivity index (χ1v) is 7.46. The van der Waals surface area contributed by atoms with Crippen LogP contribution < -0.4 is 5.73 Å². The summed E-state index contributed by atoms with van der Waals surface area (Å²) in [5, 5.41) is 4.09. The minimum atomic E-state index is -0.418. The van der Waals surface area contributed by atoms with Crippen LogP contribution in [0.5, 0.6) is 0 Å². The Kier molecular flexibility index (Phi) is 4.19. The van der Waals surface area contributed by atoms with Crippen molar-refractivity contribution in [3.63, 3.8) is 0 Å². The van der Waals surface area contributed by atoms with Gasteiger partial charge in [-0.3, -0.25) is 0 Å². The lowest BCUT2D eigenvalue weighted by Crippen LogP contribution is -2.34. The predicted molar refractivity (Wildman–Crippen MR) is 88.4 cm³/mol. The first kappa shape index (κ1) is 15.7. The normalized spacial score (nSPS) is 16.2. The van der Waals surface area contributed by atoms with E-state index in [1.807, 2.05) is 35.0 Å². The fraction of sp³-hybridized carbons (Fsp3) is 0.312. The van der Waals surface area contributed by atoms with Gasteiger partial charge in [-0.05, 0) is 37.1 Å². The Morgan fingerprint density at radius 3 is 2.52 bits per heavy atom. The van der Waals surface area contributed by atoms with Crippen molar-refractivity contribution in [2.24, 2.45) is 5.73 Å². The summed E-state index contributed by atoms with van der Waals surface area (Å²) in [5.41, 5.74) is 7.87. The molecule has 1 aliphatic rings. The van der Waals surface area contributed by atoms with Crippen molar-refractivity contribution in [2.75, 3.05) is 0 Å². The van der Waals surface area contributed by atoms with E-state index >= 15 is 0 Å². The van der Waals surface area contributed by atoms with Crippen molar-refractivity contribution in [2.45, 2.75) is 31.2 Å². The maximum absolute atomic E-state index is 6.36. The Bertz CT molecular complexity index is 760. The molecule has 0 amide bonds. The van der Waals surface area contributed by atoms with E-state index in [9.17, 15) is 0 Å². The third-order valence-electron chi connectivity index (χ3n) is 4.28. The van der Waals surface area contributed by atoms with E-state index in [-0.39, 0.29) is 12.4 Å². The molecule has 6 nitrogen and oxygen atoms in total. The molecular formula is C16H18ClN5O. The van der Waals surface area contributed by atoms with Crippen molar-refractivity contribution in [1.82, 2.24) is 19.7 Å². The van der Waals surface area contributed by atoms with Crippen LogP contribution in [0.15, 0.2) is 47.5 Å². The third kappa shape index (κ3) is 2.87. The highest BCUT2D eigenvalue weighted by atomic mass is 35.5. The number of imidazole rings is 1. The van der Waals surface area contributed by atoms with Crippen LogP contribution in [0, 0.1) is 0 Å². The molecule has 1 aliphatic carbocycles. The van der Waals surface area contributed by atoms with Crippen molar-refractivity contribution >= 4 is 12.4 Å². The minimum Gasteiger partial charge on any atom is -0.334 e. The summed E-state index contributed by atoms with van der Waals surface area (Å²) < 4.78 is 7.34. The lowest BCUT2D eigenvalue weighted by molar-refractivity contribution is 0.372. The fourth-order valence-corrected chi connectivity index (χ4v) is 2.96. The molecule has 0 saturated heterocycles. The van der Waals surface area contributed by atoms with Crippen LogP contribution in [0.3, 0.4) is 0 Å². The molecule has 23 heavy (non-hydrogen) atoms. The second kappa shape index (κ2) is 6.14. The van der Waals surface area contributed by atoms with Gasteiger partial charge >= 0.3 is 0 Å². The van der Waals surface area contributed by atoms with Crippen LogP contribution in [-0.4, -0.2) is 19.7 Å². The number of hydrogen-bond acceptors (Lipinski definition) is 5. The molecule has 0 aliphatic heterocycles. The molecular weight excluding hydrogens is 314 g/mol. The molecule has 1 fully saturated rings. The van der Waals surface area contributed by atoms with E-state index in [4.69, 9.17) is 10.3 Å². The number of nitrogens with zero attached hydrogens (tertiary/aromatic N) is 4. The van der Waals surface area contributed by atoms with Crippen molar-refractivity contribution < 1.29 is 4.52 Å². The zero-order valence-electron chi connectivity index (χ0n) is 12.6. The second-order valence-corrected chi connectivity index (χ2v) is 5.80. The molecule has 2 heterocycles. The summed E-state index contributed by atoms with van der Waals surface area (Å²) in [7, 11) is 0. The molecule has 0 unspecified atom stereocenters.